The first kappa shape index (κ1) is 16.0. The van der Waals surface area contributed by atoms with Crippen molar-refractivity contribution in [1.29, 1.82) is 0 Å². The maximum atomic E-state index is 13.4. The van der Waals surface area contributed by atoms with Crippen molar-refractivity contribution in [3.05, 3.63) is 77.5 Å². The first-order chi connectivity index (χ1) is 13.2. The standard InChI is InChI=1S/C22H19N3O2/c26-20-22(12-4-9-15-6-1-2-11-18(15)22)24-21(27)25(20)14-17-8-3-7-16-10-5-13-23-19(16)17/h1-3,5-8,10-11,13H,4,9,12,14H2,(H,24,27)/t22-/m0/s1. The molecule has 2 aromatic carbocycles. The number of carbonyl (C=O) groups excluding carboxylic acids is 2. The van der Waals surface area contributed by atoms with Gasteiger partial charge in [-0.15, -0.1) is 0 Å². The van der Waals surface area contributed by atoms with Crippen molar-refractivity contribution in [1.82, 2.24) is 15.2 Å². The Kier molecular flexibility index (Phi) is 3.50. The lowest BCUT2D eigenvalue weighted by Gasteiger charge is -2.33. The number of para-hydroxylation sites is 1. The molecule has 1 N–H and O–H groups in total. The van der Waals surface area contributed by atoms with Gasteiger partial charge < -0.3 is 5.32 Å². The summed E-state index contributed by atoms with van der Waals surface area (Å²) < 4.78 is 0. The molecule has 0 saturated carbocycles. The third-order valence-corrected chi connectivity index (χ3v) is 5.70. The van der Waals surface area contributed by atoms with Crippen LogP contribution >= 0.6 is 0 Å². The Morgan fingerprint density at radius 2 is 1.89 bits per heavy atom. The summed E-state index contributed by atoms with van der Waals surface area (Å²) >= 11 is 0. The van der Waals surface area contributed by atoms with E-state index >= 15 is 0 Å². The van der Waals surface area contributed by atoms with Crippen LogP contribution in [0.25, 0.3) is 10.9 Å². The quantitative estimate of drug-likeness (QED) is 0.714. The summed E-state index contributed by atoms with van der Waals surface area (Å²) in [7, 11) is 0. The Labute approximate surface area is 157 Å². The normalized spacial score (nSPS) is 21.6. The highest BCUT2D eigenvalue weighted by atomic mass is 16.2. The minimum atomic E-state index is -0.927. The number of rotatable bonds is 2. The Bertz CT molecular complexity index is 1070. The average Bonchev–Trinajstić information content (AvgIpc) is 2.93. The summed E-state index contributed by atoms with van der Waals surface area (Å²) in [5, 5.41) is 4.01. The molecule has 0 bridgehead atoms. The molecule has 1 fully saturated rings. The first-order valence-electron chi connectivity index (χ1n) is 9.24. The van der Waals surface area contributed by atoms with Gasteiger partial charge in [-0.1, -0.05) is 48.5 Å². The fourth-order valence-electron chi connectivity index (χ4n) is 4.42. The van der Waals surface area contributed by atoms with E-state index in [0.29, 0.717) is 6.42 Å². The van der Waals surface area contributed by atoms with Gasteiger partial charge in [-0.2, -0.15) is 0 Å². The predicted molar refractivity (Wildman–Crippen MR) is 102 cm³/mol. The van der Waals surface area contributed by atoms with Crippen LogP contribution in [0.4, 0.5) is 4.79 Å². The summed E-state index contributed by atoms with van der Waals surface area (Å²) in [4.78, 5) is 32.0. The van der Waals surface area contributed by atoms with Gasteiger partial charge in [0.2, 0.25) is 0 Å². The Hall–Kier alpha value is -3.21. The second-order valence-electron chi connectivity index (χ2n) is 7.23. The van der Waals surface area contributed by atoms with Gasteiger partial charge in [0.05, 0.1) is 12.1 Å². The average molecular weight is 357 g/mol. The van der Waals surface area contributed by atoms with E-state index in [-0.39, 0.29) is 18.5 Å². The van der Waals surface area contributed by atoms with Crippen LogP contribution in [-0.4, -0.2) is 21.8 Å². The van der Waals surface area contributed by atoms with Crippen LogP contribution in [0.2, 0.25) is 0 Å². The predicted octanol–water partition coefficient (Wildman–Crippen LogP) is 3.52. The van der Waals surface area contributed by atoms with Crippen LogP contribution in [0.5, 0.6) is 0 Å². The minimum Gasteiger partial charge on any atom is -0.319 e. The zero-order valence-electron chi connectivity index (χ0n) is 14.8. The maximum absolute atomic E-state index is 13.4. The molecule has 2 aliphatic rings. The number of nitrogens with zero attached hydrogens (tertiary/aromatic N) is 2. The number of hydrogen-bond donors (Lipinski definition) is 1. The molecule has 0 unspecified atom stereocenters. The van der Waals surface area contributed by atoms with Crippen LogP contribution in [0.15, 0.2) is 60.8 Å². The summed E-state index contributed by atoms with van der Waals surface area (Å²) in [5.41, 5.74) is 2.85. The molecule has 5 heteroatoms. The van der Waals surface area contributed by atoms with Gasteiger partial charge in [0.15, 0.2) is 0 Å². The number of fused-ring (bicyclic) bond motifs is 3. The molecule has 2 heterocycles. The van der Waals surface area contributed by atoms with Crippen molar-refractivity contribution in [2.45, 2.75) is 31.3 Å². The number of imide groups is 1. The number of pyridine rings is 1. The second-order valence-corrected chi connectivity index (χ2v) is 7.23. The molecule has 3 aromatic rings. The van der Waals surface area contributed by atoms with Gasteiger partial charge in [0.25, 0.3) is 5.91 Å². The van der Waals surface area contributed by atoms with E-state index < -0.39 is 5.54 Å². The van der Waals surface area contributed by atoms with Crippen molar-refractivity contribution in [2.24, 2.45) is 0 Å². The smallest absolute Gasteiger partial charge is 0.319 e. The van der Waals surface area contributed by atoms with Gasteiger partial charge in [0, 0.05) is 11.6 Å². The fraction of sp³-hybridized carbons (Fsp3) is 0.227. The molecular formula is C22H19N3O2. The summed E-state index contributed by atoms with van der Waals surface area (Å²) in [6.07, 6.45) is 4.19. The summed E-state index contributed by atoms with van der Waals surface area (Å²) in [5.74, 6) is -0.160. The third-order valence-electron chi connectivity index (χ3n) is 5.70. The Morgan fingerprint density at radius 1 is 1.04 bits per heavy atom. The molecule has 0 radical (unpaired) electrons. The topological polar surface area (TPSA) is 62.3 Å². The Balaban J connectivity index is 1.54. The number of urea groups is 1. The van der Waals surface area contributed by atoms with Crippen LogP contribution < -0.4 is 5.32 Å². The molecule has 3 amide bonds. The van der Waals surface area contributed by atoms with E-state index in [0.717, 1.165) is 40.4 Å². The monoisotopic (exact) mass is 357 g/mol. The van der Waals surface area contributed by atoms with Crippen LogP contribution in [0.3, 0.4) is 0 Å². The van der Waals surface area contributed by atoms with E-state index in [1.807, 2.05) is 54.6 Å². The highest BCUT2D eigenvalue weighted by molar-refractivity contribution is 6.08. The van der Waals surface area contributed by atoms with Crippen LogP contribution in [-0.2, 0) is 23.3 Å². The van der Waals surface area contributed by atoms with E-state index in [2.05, 4.69) is 10.3 Å². The lowest BCUT2D eigenvalue weighted by Crippen LogP contribution is -2.46. The van der Waals surface area contributed by atoms with Crippen molar-refractivity contribution < 1.29 is 9.59 Å². The molecule has 1 atom stereocenters. The zero-order valence-corrected chi connectivity index (χ0v) is 14.8. The molecular weight excluding hydrogens is 338 g/mol. The van der Waals surface area contributed by atoms with Crippen molar-refractivity contribution >= 4 is 22.8 Å². The van der Waals surface area contributed by atoms with Crippen molar-refractivity contribution in [3.63, 3.8) is 0 Å². The molecule has 1 aromatic heterocycles. The molecule has 1 aliphatic carbocycles. The second kappa shape index (κ2) is 5.91. The molecule has 5 rings (SSSR count). The van der Waals surface area contributed by atoms with Gasteiger partial charge in [-0.3, -0.25) is 14.7 Å². The molecule has 1 spiro atoms. The van der Waals surface area contributed by atoms with Crippen LogP contribution in [0.1, 0.15) is 29.5 Å². The van der Waals surface area contributed by atoms with E-state index in [1.165, 1.54) is 4.90 Å². The minimum absolute atomic E-state index is 0.160. The molecule has 134 valence electrons. The van der Waals surface area contributed by atoms with Gasteiger partial charge in [0.1, 0.15) is 5.54 Å². The largest absolute Gasteiger partial charge is 0.325 e. The summed E-state index contributed by atoms with van der Waals surface area (Å²) in [6.45, 7) is 0.225. The number of aromatic nitrogens is 1. The molecule has 5 nitrogen and oxygen atoms in total. The highest BCUT2D eigenvalue weighted by Gasteiger charge is 2.53. The third kappa shape index (κ3) is 2.35. The van der Waals surface area contributed by atoms with E-state index in [4.69, 9.17) is 0 Å². The summed E-state index contributed by atoms with van der Waals surface area (Å²) in [6, 6.07) is 17.3. The highest BCUT2D eigenvalue weighted by Crippen LogP contribution is 2.40. The van der Waals surface area contributed by atoms with Crippen molar-refractivity contribution in [2.75, 3.05) is 0 Å². The van der Waals surface area contributed by atoms with Gasteiger partial charge in [-0.05, 0) is 42.0 Å². The fourth-order valence-corrected chi connectivity index (χ4v) is 4.42. The van der Waals surface area contributed by atoms with E-state index in [1.54, 1.807) is 6.20 Å². The zero-order chi connectivity index (χ0) is 18.4. The van der Waals surface area contributed by atoms with Gasteiger partial charge in [-0.25, -0.2) is 4.79 Å². The lowest BCUT2D eigenvalue weighted by atomic mass is 9.76. The number of nitrogens with one attached hydrogen (secondary N) is 1. The number of aryl methyl sites for hydroxylation is 1. The maximum Gasteiger partial charge on any atom is 0.325 e. The number of benzene rings is 2. The van der Waals surface area contributed by atoms with E-state index in [9.17, 15) is 9.59 Å². The number of amides is 3. The van der Waals surface area contributed by atoms with Crippen LogP contribution in [0, 0.1) is 0 Å². The first-order valence-corrected chi connectivity index (χ1v) is 9.24. The van der Waals surface area contributed by atoms with Gasteiger partial charge >= 0.3 is 6.03 Å². The molecule has 1 saturated heterocycles. The van der Waals surface area contributed by atoms with Crippen molar-refractivity contribution in [3.8, 4) is 0 Å². The number of carbonyl (C=O) groups is 2. The number of hydrogen-bond acceptors (Lipinski definition) is 3. The lowest BCUT2D eigenvalue weighted by molar-refractivity contribution is -0.132. The SMILES string of the molecule is O=C1N[C@]2(CCCc3ccccc32)C(=O)N1Cc1cccc2cccnc12. The molecule has 1 aliphatic heterocycles. The Morgan fingerprint density at radius 3 is 2.81 bits per heavy atom. The molecule has 27 heavy (non-hydrogen) atoms.